The van der Waals surface area contributed by atoms with Gasteiger partial charge in [0.2, 0.25) is 0 Å². The van der Waals surface area contributed by atoms with E-state index in [1.807, 2.05) is 18.2 Å². The maximum atomic E-state index is 11.5. The van der Waals surface area contributed by atoms with Crippen LogP contribution in [-0.2, 0) is 9.59 Å². The minimum absolute atomic E-state index is 0.0636. The lowest BCUT2D eigenvalue weighted by Gasteiger charge is -2.23. The molecule has 2 aliphatic rings. The lowest BCUT2D eigenvalue weighted by Crippen LogP contribution is -2.31. The molecule has 0 amide bonds. The summed E-state index contributed by atoms with van der Waals surface area (Å²) in [7, 11) is 0. The Morgan fingerprint density at radius 3 is 2.65 bits per heavy atom. The van der Waals surface area contributed by atoms with Gasteiger partial charge in [-0.25, -0.2) is 0 Å². The van der Waals surface area contributed by atoms with Crippen molar-refractivity contribution in [1.29, 1.82) is 0 Å². The standard InChI is InChI=1S/C13H12O4/c1-6(14)12-10-9(11(10)13(15)16)7-4-2-3-5-8(7)17-12/h2-5,9-12H,1H3,(H,15,16)/t9-,10+,11?,12?/m1/s1. The molecular formula is C13H12O4. The number of hydrogen-bond acceptors (Lipinski definition) is 3. The summed E-state index contributed by atoms with van der Waals surface area (Å²) in [5.74, 6) is -1.03. The number of hydrogen-bond donors (Lipinski definition) is 1. The molecule has 0 aromatic heterocycles. The second-order valence-corrected chi connectivity index (χ2v) is 4.65. The van der Waals surface area contributed by atoms with Crippen LogP contribution in [0.3, 0.4) is 0 Å². The van der Waals surface area contributed by atoms with Crippen LogP contribution in [0.1, 0.15) is 18.4 Å². The molecule has 2 unspecified atom stereocenters. The van der Waals surface area contributed by atoms with Gasteiger partial charge in [-0.2, -0.15) is 0 Å². The van der Waals surface area contributed by atoms with Crippen LogP contribution < -0.4 is 4.74 Å². The van der Waals surface area contributed by atoms with Gasteiger partial charge in [-0.05, 0) is 18.6 Å². The minimum Gasteiger partial charge on any atom is -0.482 e. The summed E-state index contributed by atoms with van der Waals surface area (Å²) in [5, 5.41) is 9.14. The summed E-state index contributed by atoms with van der Waals surface area (Å²) in [5.41, 5.74) is 0.919. The van der Waals surface area contributed by atoms with Gasteiger partial charge in [-0.1, -0.05) is 18.2 Å². The van der Waals surface area contributed by atoms with Gasteiger partial charge in [0.25, 0.3) is 0 Å². The molecule has 4 atom stereocenters. The van der Waals surface area contributed by atoms with E-state index in [4.69, 9.17) is 9.84 Å². The summed E-state index contributed by atoms with van der Waals surface area (Å²) in [6.45, 7) is 1.45. The highest BCUT2D eigenvalue weighted by Gasteiger charge is 2.64. The third-order valence-electron chi connectivity index (χ3n) is 3.64. The first kappa shape index (κ1) is 10.3. The Morgan fingerprint density at radius 2 is 2.00 bits per heavy atom. The highest BCUT2D eigenvalue weighted by molar-refractivity contribution is 5.86. The monoisotopic (exact) mass is 232 g/mol. The molecule has 4 heteroatoms. The summed E-state index contributed by atoms with van der Waals surface area (Å²) in [6.07, 6.45) is -0.601. The van der Waals surface area contributed by atoms with E-state index in [-0.39, 0.29) is 17.6 Å². The van der Waals surface area contributed by atoms with E-state index >= 15 is 0 Å². The second-order valence-electron chi connectivity index (χ2n) is 4.65. The molecule has 0 radical (unpaired) electrons. The number of ether oxygens (including phenoxy) is 1. The number of fused-ring (bicyclic) bond motifs is 3. The minimum atomic E-state index is -0.841. The SMILES string of the molecule is CC(=O)C1Oc2ccccc2[C@H]2C(C(=O)O)[C@@H]12. The molecule has 1 aromatic carbocycles. The highest BCUT2D eigenvalue weighted by atomic mass is 16.5. The highest BCUT2D eigenvalue weighted by Crippen LogP contribution is 2.61. The summed E-state index contributed by atoms with van der Waals surface area (Å²) in [4.78, 5) is 22.6. The van der Waals surface area contributed by atoms with Crippen LogP contribution >= 0.6 is 0 Å². The van der Waals surface area contributed by atoms with Crippen molar-refractivity contribution in [2.45, 2.75) is 18.9 Å². The number of carboxylic acid groups (broad SMARTS) is 1. The van der Waals surface area contributed by atoms with Gasteiger partial charge >= 0.3 is 5.97 Å². The van der Waals surface area contributed by atoms with E-state index < -0.39 is 18.0 Å². The van der Waals surface area contributed by atoms with Crippen molar-refractivity contribution in [2.75, 3.05) is 0 Å². The smallest absolute Gasteiger partial charge is 0.307 e. The largest absolute Gasteiger partial charge is 0.482 e. The first-order valence-corrected chi connectivity index (χ1v) is 5.60. The fourth-order valence-corrected chi connectivity index (χ4v) is 2.86. The fourth-order valence-electron chi connectivity index (χ4n) is 2.86. The lowest BCUT2D eigenvalue weighted by atomic mass is 10.0. The molecule has 0 saturated heterocycles. The summed E-state index contributed by atoms with van der Waals surface area (Å²) >= 11 is 0. The number of ketones is 1. The third kappa shape index (κ3) is 1.37. The topological polar surface area (TPSA) is 63.6 Å². The second kappa shape index (κ2) is 3.32. The Hall–Kier alpha value is -1.84. The van der Waals surface area contributed by atoms with E-state index in [1.165, 1.54) is 6.92 Å². The van der Waals surface area contributed by atoms with E-state index in [0.717, 1.165) is 5.56 Å². The van der Waals surface area contributed by atoms with Gasteiger partial charge in [0.15, 0.2) is 11.9 Å². The Balaban J connectivity index is 2.04. The number of carboxylic acids is 1. The molecule has 1 heterocycles. The molecule has 1 aliphatic carbocycles. The Bertz CT molecular complexity index is 508. The number of carbonyl (C=O) groups is 2. The molecule has 0 bridgehead atoms. The van der Waals surface area contributed by atoms with Crippen LogP contribution in [-0.4, -0.2) is 23.0 Å². The van der Waals surface area contributed by atoms with Crippen LogP contribution in [0.15, 0.2) is 24.3 Å². The molecule has 4 nitrogen and oxygen atoms in total. The van der Waals surface area contributed by atoms with Gasteiger partial charge in [-0.15, -0.1) is 0 Å². The van der Waals surface area contributed by atoms with Crippen molar-refractivity contribution in [3.05, 3.63) is 29.8 Å². The average molecular weight is 232 g/mol. The third-order valence-corrected chi connectivity index (χ3v) is 3.64. The van der Waals surface area contributed by atoms with Crippen LogP contribution in [0.2, 0.25) is 0 Å². The lowest BCUT2D eigenvalue weighted by molar-refractivity contribution is -0.139. The van der Waals surface area contributed by atoms with Crippen molar-refractivity contribution in [2.24, 2.45) is 11.8 Å². The van der Waals surface area contributed by atoms with Crippen molar-refractivity contribution < 1.29 is 19.4 Å². The van der Waals surface area contributed by atoms with Crippen LogP contribution in [0, 0.1) is 11.8 Å². The zero-order valence-corrected chi connectivity index (χ0v) is 9.29. The Labute approximate surface area is 98.2 Å². The molecule has 17 heavy (non-hydrogen) atoms. The summed E-state index contributed by atoms with van der Waals surface area (Å²) < 4.78 is 5.61. The van der Waals surface area contributed by atoms with E-state index in [2.05, 4.69) is 0 Å². The quantitative estimate of drug-likeness (QED) is 0.838. The van der Waals surface area contributed by atoms with Gasteiger partial charge in [0.05, 0.1) is 5.92 Å². The molecule has 1 saturated carbocycles. The van der Waals surface area contributed by atoms with Gasteiger partial charge in [0.1, 0.15) is 5.75 Å². The maximum absolute atomic E-state index is 11.5. The van der Waals surface area contributed by atoms with Crippen molar-refractivity contribution in [3.8, 4) is 5.75 Å². The Kier molecular flexibility index (Phi) is 2.02. The van der Waals surface area contributed by atoms with Gasteiger partial charge in [-0.3, -0.25) is 9.59 Å². The van der Waals surface area contributed by atoms with Crippen LogP contribution in [0.25, 0.3) is 0 Å². The predicted octanol–water partition coefficient (Wildman–Crippen LogP) is 1.45. The van der Waals surface area contributed by atoms with Crippen molar-refractivity contribution in [1.82, 2.24) is 0 Å². The van der Waals surface area contributed by atoms with E-state index in [9.17, 15) is 9.59 Å². The molecule has 3 rings (SSSR count). The number of rotatable bonds is 2. The number of carbonyl (C=O) groups excluding carboxylic acids is 1. The molecule has 88 valence electrons. The molecule has 1 fully saturated rings. The molecule has 0 spiro atoms. The first-order valence-electron chi connectivity index (χ1n) is 5.60. The fraction of sp³-hybridized carbons (Fsp3) is 0.385. The summed E-state index contributed by atoms with van der Waals surface area (Å²) in [6, 6.07) is 7.37. The normalized spacial score (nSPS) is 33.0. The van der Waals surface area contributed by atoms with E-state index in [0.29, 0.717) is 5.75 Å². The zero-order chi connectivity index (χ0) is 12.2. The molecule has 1 N–H and O–H groups in total. The number of aliphatic carboxylic acids is 1. The molecular weight excluding hydrogens is 220 g/mol. The van der Waals surface area contributed by atoms with E-state index in [1.54, 1.807) is 6.07 Å². The van der Waals surface area contributed by atoms with Gasteiger partial charge < -0.3 is 9.84 Å². The van der Waals surface area contributed by atoms with Crippen molar-refractivity contribution >= 4 is 11.8 Å². The number of Topliss-reactive ketones (excluding diaryl/α,β-unsaturated/α-hetero) is 1. The average Bonchev–Trinajstić information content (AvgIpc) is 3.03. The van der Waals surface area contributed by atoms with Crippen LogP contribution in [0.4, 0.5) is 0 Å². The molecule has 1 aromatic rings. The Morgan fingerprint density at radius 1 is 1.29 bits per heavy atom. The van der Waals surface area contributed by atoms with Crippen molar-refractivity contribution in [3.63, 3.8) is 0 Å². The predicted molar refractivity (Wildman–Crippen MR) is 58.9 cm³/mol. The number of para-hydroxylation sites is 1. The number of benzene rings is 1. The molecule has 1 aliphatic heterocycles. The first-order chi connectivity index (χ1) is 8.11. The maximum Gasteiger partial charge on any atom is 0.307 e. The van der Waals surface area contributed by atoms with Crippen LogP contribution in [0.5, 0.6) is 5.75 Å². The van der Waals surface area contributed by atoms with Gasteiger partial charge in [0, 0.05) is 11.8 Å². The zero-order valence-electron chi connectivity index (χ0n) is 9.29.